The number of nitrogens with zero attached hydrogens (tertiary/aromatic N) is 1. The maximum Gasteiger partial charge on any atom is 0.219 e. The molecule has 1 heterocycles. The van der Waals surface area contributed by atoms with Gasteiger partial charge in [-0.1, -0.05) is 50.0 Å². The van der Waals surface area contributed by atoms with E-state index in [1.807, 2.05) is 18.2 Å². The lowest BCUT2D eigenvalue weighted by molar-refractivity contribution is 0.587. The Morgan fingerprint density at radius 1 is 1.14 bits per heavy atom. The van der Waals surface area contributed by atoms with Crippen LogP contribution < -0.4 is 5.43 Å². The third-order valence-corrected chi connectivity index (χ3v) is 4.01. The number of hydrogen-bond acceptors (Lipinski definition) is 3. The summed E-state index contributed by atoms with van der Waals surface area (Å²) in [6.07, 6.45) is 0. The van der Waals surface area contributed by atoms with Gasteiger partial charge in [-0.3, -0.25) is 4.79 Å². The van der Waals surface area contributed by atoms with E-state index in [1.165, 1.54) is 6.07 Å². The van der Waals surface area contributed by atoms with Gasteiger partial charge < -0.3 is 4.42 Å². The highest BCUT2D eigenvalue weighted by Crippen LogP contribution is 2.33. The quantitative estimate of drug-likeness (QED) is 0.553. The van der Waals surface area contributed by atoms with Crippen molar-refractivity contribution in [3.63, 3.8) is 0 Å². The molecule has 1 aliphatic carbocycles. The first kappa shape index (κ1) is 14.4. The van der Waals surface area contributed by atoms with Gasteiger partial charge >= 0.3 is 0 Å². The van der Waals surface area contributed by atoms with Gasteiger partial charge in [-0.25, -0.2) is 4.98 Å². The van der Waals surface area contributed by atoms with Crippen molar-refractivity contribution in [2.45, 2.75) is 26.2 Å². The third kappa shape index (κ3) is 2.41. The summed E-state index contributed by atoms with van der Waals surface area (Å²) < 4.78 is 5.73. The molecule has 5 heteroatoms. The summed E-state index contributed by atoms with van der Waals surface area (Å²) in [5, 5.41) is 0.00771. The van der Waals surface area contributed by atoms with E-state index in [1.54, 1.807) is 0 Å². The van der Waals surface area contributed by atoms with E-state index in [4.69, 9.17) is 27.6 Å². The topological polar surface area (TPSA) is 43.1 Å². The summed E-state index contributed by atoms with van der Waals surface area (Å²) >= 11 is 11.9. The Balaban J connectivity index is 2.37. The lowest BCUT2D eigenvalue weighted by atomic mass is 9.87. The molecule has 0 unspecified atom stereocenters. The molecule has 0 atom stereocenters. The molecule has 3 nitrogen and oxygen atoms in total. The summed E-state index contributed by atoms with van der Waals surface area (Å²) in [5.74, 6) is 0.266. The molecule has 0 amide bonds. The molecule has 0 saturated carbocycles. The van der Waals surface area contributed by atoms with Crippen LogP contribution >= 0.6 is 23.2 Å². The zero-order valence-corrected chi connectivity index (χ0v) is 13.3. The molecule has 3 rings (SSSR count). The maximum absolute atomic E-state index is 11.8. The molecule has 0 radical (unpaired) electrons. The minimum Gasteiger partial charge on any atom is -0.451 e. The Bertz CT molecular complexity index is 878. The lowest BCUT2D eigenvalue weighted by Gasteiger charge is -2.19. The Kier molecular flexibility index (Phi) is 3.23. The molecule has 0 spiro atoms. The first-order valence-electron chi connectivity index (χ1n) is 6.50. The van der Waals surface area contributed by atoms with E-state index in [0.717, 1.165) is 5.56 Å². The van der Waals surface area contributed by atoms with Crippen molar-refractivity contribution in [3.8, 4) is 11.5 Å². The van der Waals surface area contributed by atoms with Gasteiger partial charge in [-0.05, 0) is 29.2 Å². The highest BCUT2D eigenvalue weighted by molar-refractivity contribution is 6.36. The van der Waals surface area contributed by atoms with E-state index in [2.05, 4.69) is 25.8 Å². The van der Waals surface area contributed by atoms with E-state index in [-0.39, 0.29) is 21.2 Å². The van der Waals surface area contributed by atoms with Crippen LogP contribution in [0.1, 0.15) is 26.3 Å². The zero-order chi connectivity index (χ0) is 15.4. The van der Waals surface area contributed by atoms with Crippen LogP contribution in [0.2, 0.25) is 10.0 Å². The monoisotopic (exact) mass is 321 g/mol. The van der Waals surface area contributed by atoms with Crippen molar-refractivity contribution in [3.05, 3.63) is 50.1 Å². The molecule has 0 saturated heterocycles. The predicted molar refractivity (Wildman–Crippen MR) is 85.6 cm³/mol. The number of halogens is 2. The van der Waals surface area contributed by atoms with Gasteiger partial charge in [0, 0.05) is 0 Å². The molecule has 0 bridgehead atoms. The van der Waals surface area contributed by atoms with Gasteiger partial charge in [0.15, 0.2) is 11.3 Å². The average Bonchev–Trinajstić information content (AvgIpc) is 2.42. The van der Waals surface area contributed by atoms with Crippen LogP contribution in [0.3, 0.4) is 0 Å². The summed E-state index contributed by atoms with van der Waals surface area (Å²) in [7, 11) is 0. The Labute approximate surface area is 131 Å². The van der Waals surface area contributed by atoms with Crippen LogP contribution in [-0.2, 0) is 5.41 Å². The molecule has 1 aromatic rings. The largest absolute Gasteiger partial charge is 0.451 e. The zero-order valence-electron chi connectivity index (χ0n) is 11.8. The first-order chi connectivity index (χ1) is 9.77. The number of rotatable bonds is 0. The summed E-state index contributed by atoms with van der Waals surface area (Å²) in [6, 6.07) is 7.29. The summed E-state index contributed by atoms with van der Waals surface area (Å²) in [4.78, 5) is 16.3. The second kappa shape index (κ2) is 4.72. The fraction of sp³-hybridized carbons (Fsp3) is 0.250. The fourth-order valence-electron chi connectivity index (χ4n) is 2.15. The smallest absolute Gasteiger partial charge is 0.219 e. The van der Waals surface area contributed by atoms with Gasteiger partial charge in [0.1, 0.15) is 16.2 Å². The SMILES string of the molecule is CC(C)(C)c1ccc2oc3c(Cl)c(=O)c(Cl)cc-3nc2c1. The van der Waals surface area contributed by atoms with E-state index in [9.17, 15) is 4.79 Å². The van der Waals surface area contributed by atoms with Gasteiger partial charge in [0.25, 0.3) is 0 Å². The predicted octanol–water partition coefficient (Wildman–Crippen LogP) is 4.90. The summed E-state index contributed by atoms with van der Waals surface area (Å²) in [5.41, 5.74) is 2.48. The van der Waals surface area contributed by atoms with Gasteiger partial charge in [0.05, 0.1) is 5.02 Å². The van der Waals surface area contributed by atoms with Crippen LogP contribution in [0.4, 0.5) is 0 Å². The van der Waals surface area contributed by atoms with Gasteiger partial charge in [-0.2, -0.15) is 0 Å². The summed E-state index contributed by atoms with van der Waals surface area (Å²) in [6.45, 7) is 6.39. The molecule has 0 N–H and O–H groups in total. The van der Waals surface area contributed by atoms with Crippen molar-refractivity contribution < 1.29 is 4.42 Å². The molecule has 0 fully saturated rings. The molecule has 21 heavy (non-hydrogen) atoms. The lowest BCUT2D eigenvalue weighted by Crippen LogP contribution is -2.11. The van der Waals surface area contributed by atoms with Crippen molar-refractivity contribution >= 4 is 34.3 Å². The molecule has 108 valence electrons. The first-order valence-corrected chi connectivity index (χ1v) is 7.26. The van der Waals surface area contributed by atoms with Crippen molar-refractivity contribution in [2.24, 2.45) is 0 Å². The highest BCUT2D eigenvalue weighted by atomic mass is 35.5. The van der Waals surface area contributed by atoms with Crippen LogP contribution in [0.25, 0.3) is 22.6 Å². The standard InChI is InChI=1S/C16H13Cl2NO2/c1-16(2,3)8-4-5-12-10(6-8)19-11-7-9(17)14(20)13(18)15(11)21-12/h4-7H,1-3H3. The van der Waals surface area contributed by atoms with Gasteiger partial charge in [0.2, 0.25) is 5.43 Å². The Hall–Kier alpha value is -1.58. The van der Waals surface area contributed by atoms with E-state index >= 15 is 0 Å². The van der Waals surface area contributed by atoms with Crippen LogP contribution in [0.15, 0.2) is 33.5 Å². The van der Waals surface area contributed by atoms with Gasteiger partial charge in [-0.15, -0.1) is 0 Å². The average molecular weight is 322 g/mol. The number of hydrogen-bond donors (Lipinski definition) is 0. The van der Waals surface area contributed by atoms with Crippen molar-refractivity contribution in [1.82, 2.24) is 4.98 Å². The Morgan fingerprint density at radius 3 is 2.52 bits per heavy atom. The van der Waals surface area contributed by atoms with Crippen molar-refractivity contribution in [1.29, 1.82) is 0 Å². The van der Waals surface area contributed by atoms with E-state index in [0.29, 0.717) is 16.8 Å². The molecular formula is C16H13Cl2NO2. The second-order valence-corrected chi connectivity index (χ2v) is 6.78. The number of aromatic nitrogens is 1. The van der Waals surface area contributed by atoms with Crippen LogP contribution in [0.5, 0.6) is 0 Å². The maximum atomic E-state index is 11.8. The second-order valence-electron chi connectivity index (χ2n) is 6.00. The minimum absolute atomic E-state index is 0.0129. The molecule has 0 aromatic heterocycles. The Morgan fingerprint density at radius 2 is 1.86 bits per heavy atom. The minimum atomic E-state index is -0.443. The van der Waals surface area contributed by atoms with Crippen LogP contribution in [0, 0.1) is 0 Å². The molecule has 1 aromatic carbocycles. The number of benzene rings is 2. The number of fused-ring (bicyclic) bond motifs is 2. The van der Waals surface area contributed by atoms with Crippen LogP contribution in [-0.4, -0.2) is 4.98 Å². The third-order valence-electron chi connectivity index (χ3n) is 3.39. The highest BCUT2D eigenvalue weighted by Gasteiger charge is 2.20. The normalized spacial score (nSPS) is 12.2. The van der Waals surface area contributed by atoms with E-state index < -0.39 is 5.43 Å². The molecular weight excluding hydrogens is 309 g/mol. The van der Waals surface area contributed by atoms with Crippen molar-refractivity contribution in [2.75, 3.05) is 0 Å². The molecule has 2 aliphatic rings. The molecule has 1 aliphatic heterocycles. The fourth-order valence-corrected chi connectivity index (χ4v) is 2.63.